The zero-order valence-corrected chi connectivity index (χ0v) is 20.5. The number of nitrogens with zero attached hydrogens (tertiary/aromatic N) is 4. The Bertz CT molecular complexity index is 1300. The summed E-state index contributed by atoms with van der Waals surface area (Å²) in [5.74, 6) is 0.381. The molecule has 0 saturated carbocycles. The van der Waals surface area contributed by atoms with Crippen LogP contribution in [0.5, 0.6) is 0 Å². The molecule has 1 aromatic heterocycles. The van der Waals surface area contributed by atoms with Gasteiger partial charge >= 0.3 is 0 Å². The predicted octanol–water partition coefficient (Wildman–Crippen LogP) is 3.98. The molecule has 2 aliphatic heterocycles. The number of thioether (sulfide) groups is 1. The molecule has 10 heteroatoms. The van der Waals surface area contributed by atoms with E-state index in [1.807, 2.05) is 30.0 Å². The zero-order chi connectivity index (χ0) is 23.7. The van der Waals surface area contributed by atoms with Crippen LogP contribution in [0.4, 0.5) is 5.69 Å². The summed E-state index contributed by atoms with van der Waals surface area (Å²) in [4.78, 5) is 15.0. The van der Waals surface area contributed by atoms with E-state index in [1.54, 1.807) is 24.3 Å². The first-order chi connectivity index (χ1) is 16.4. The van der Waals surface area contributed by atoms with Gasteiger partial charge in [-0.15, -0.1) is 10.2 Å². The number of aromatic nitrogens is 2. The molecule has 0 unspecified atom stereocenters. The third-order valence-corrected chi connectivity index (χ3v) is 8.93. The van der Waals surface area contributed by atoms with Crippen molar-refractivity contribution < 1.29 is 17.6 Å². The van der Waals surface area contributed by atoms with Crippen molar-refractivity contribution in [1.29, 1.82) is 0 Å². The molecule has 1 fully saturated rings. The molecule has 0 spiro atoms. The van der Waals surface area contributed by atoms with Crippen LogP contribution in [-0.4, -0.2) is 53.7 Å². The van der Waals surface area contributed by atoms with Gasteiger partial charge in [0.2, 0.25) is 21.8 Å². The van der Waals surface area contributed by atoms with Crippen LogP contribution in [0.3, 0.4) is 0 Å². The first kappa shape index (κ1) is 23.1. The van der Waals surface area contributed by atoms with E-state index < -0.39 is 10.0 Å². The van der Waals surface area contributed by atoms with Gasteiger partial charge in [0.1, 0.15) is 0 Å². The maximum absolute atomic E-state index is 13.0. The summed E-state index contributed by atoms with van der Waals surface area (Å²) in [6.07, 6.45) is 3.65. The highest BCUT2D eigenvalue weighted by atomic mass is 32.2. The van der Waals surface area contributed by atoms with E-state index >= 15 is 0 Å². The number of piperidine rings is 1. The van der Waals surface area contributed by atoms with Crippen molar-refractivity contribution in [1.82, 2.24) is 14.5 Å². The first-order valence-electron chi connectivity index (χ1n) is 11.4. The molecular formula is C24H26N4O4S2. The second-order valence-electron chi connectivity index (χ2n) is 8.60. The molecule has 178 valence electrons. The number of fused-ring (bicyclic) bond motifs is 1. The van der Waals surface area contributed by atoms with Gasteiger partial charge in [0.15, 0.2) is 0 Å². The summed E-state index contributed by atoms with van der Waals surface area (Å²) >= 11 is 1.18. The van der Waals surface area contributed by atoms with Crippen LogP contribution in [0.15, 0.2) is 63.1 Å². The molecule has 0 aliphatic carbocycles. The van der Waals surface area contributed by atoms with Gasteiger partial charge in [0.25, 0.3) is 5.22 Å². The van der Waals surface area contributed by atoms with Gasteiger partial charge in [-0.25, -0.2) is 8.42 Å². The van der Waals surface area contributed by atoms with E-state index in [4.69, 9.17) is 4.42 Å². The lowest BCUT2D eigenvalue weighted by atomic mass is 10.1. The van der Waals surface area contributed by atoms with Gasteiger partial charge in [0.05, 0.1) is 10.6 Å². The number of hydrogen-bond donors (Lipinski definition) is 0. The Labute approximate surface area is 203 Å². The number of hydrogen-bond acceptors (Lipinski definition) is 7. The van der Waals surface area contributed by atoms with Crippen LogP contribution in [0.2, 0.25) is 0 Å². The third-order valence-electron chi connectivity index (χ3n) is 6.24. The summed E-state index contributed by atoms with van der Waals surface area (Å²) in [5, 5.41) is 8.40. The van der Waals surface area contributed by atoms with Gasteiger partial charge in [0, 0.05) is 30.4 Å². The van der Waals surface area contributed by atoms with Crippen molar-refractivity contribution in [2.24, 2.45) is 0 Å². The topological polar surface area (TPSA) is 96.6 Å². The van der Waals surface area contributed by atoms with E-state index in [-0.39, 0.29) is 33.7 Å². The zero-order valence-electron chi connectivity index (χ0n) is 18.9. The molecule has 0 radical (unpaired) electrons. The Balaban J connectivity index is 1.27. The minimum Gasteiger partial charge on any atom is -0.411 e. The summed E-state index contributed by atoms with van der Waals surface area (Å²) in [7, 11) is -3.56. The fourth-order valence-corrected chi connectivity index (χ4v) is 6.75. The van der Waals surface area contributed by atoms with Crippen LogP contribution in [0.1, 0.15) is 31.7 Å². The normalized spacial score (nSPS) is 18.7. The smallest absolute Gasteiger partial charge is 0.277 e. The van der Waals surface area contributed by atoms with Gasteiger partial charge in [-0.05, 0) is 56.0 Å². The molecule has 34 heavy (non-hydrogen) atoms. The lowest BCUT2D eigenvalue weighted by Crippen LogP contribution is -2.36. The number of carbonyl (C=O) groups excluding carboxylic acids is 1. The van der Waals surface area contributed by atoms with Gasteiger partial charge in [-0.3, -0.25) is 4.79 Å². The molecule has 1 atom stereocenters. The Morgan fingerprint density at radius 2 is 1.88 bits per heavy atom. The largest absolute Gasteiger partial charge is 0.411 e. The van der Waals surface area contributed by atoms with Crippen molar-refractivity contribution >= 4 is 33.4 Å². The number of para-hydroxylation sites is 1. The predicted molar refractivity (Wildman–Crippen MR) is 130 cm³/mol. The Hall–Kier alpha value is -2.69. The summed E-state index contributed by atoms with van der Waals surface area (Å²) in [6.45, 7) is 3.13. The number of amides is 1. The van der Waals surface area contributed by atoms with E-state index in [0.717, 1.165) is 31.4 Å². The van der Waals surface area contributed by atoms with Gasteiger partial charge in [-0.1, -0.05) is 42.4 Å². The minimum absolute atomic E-state index is 0.0168. The molecule has 3 aromatic rings. The van der Waals surface area contributed by atoms with Crippen LogP contribution in [0, 0.1) is 0 Å². The second-order valence-corrected chi connectivity index (χ2v) is 11.5. The quantitative estimate of drug-likeness (QED) is 0.474. The number of rotatable bonds is 6. The lowest BCUT2D eigenvalue weighted by molar-refractivity contribution is -0.116. The molecule has 1 amide bonds. The Morgan fingerprint density at radius 3 is 2.71 bits per heavy atom. The highest BCUT2D eigenvalue weighted by Gasteiger charge is 2.31. The Morgan fingerprint density at radius 1 is 1.09 bits per heavy atom. The maximum atomic E-state index is 13.0. The highest BCUT2D eigenvalue weighted by Crippen LogP contribution is 2.33. The molecule has 8 nitrogen and oxygen atoms in total. The molecule has 2 aliphatic rings. The number of benzene rings is 2. The van der Waals surface area contributed by atoms with Crippen molar-refractivity contribution in [2.75, 3.05) is 23.7 Å². The monoisotopic (exact) mass is 498 g/mol. The summed E-state index contributed by atoms with van der Waals surface area (Å²) < 4.78 is 33.3. The van der Waals surface area contributed by atoms with Crippen molar-refractivity contribution in [2.45, 2.75) is 48.8 Å². The average molecular weight is 499 g/mol. The standard InChI is InChI=1S/C24H26N4O4S2/c1-17-14-18-8-3-4-11-21(18)28(17)22(29)16-33-24-26-25-23(32-24)19-9-7-10-20(15-19)34(30,31)27-12-5-2-6-13-27/h3-4,7-11,15,17H,2,5-6,12-14,16H2,1H3/t17-/m0/s1. The van der Waals surface area contributed by atoms with Crippen molar-refractivity contribution in [3.63, 3.8) is 0 Å². The van der Waals surface area contributed by atoms with E-state index in [1.165, 1.54) is 21.6 Å². The van der Waals surface area contributed by atoms with Crippen molar-refractivity contribution in [3.8, 4) is 11.5 Å². The molecule has 0 N–H and O–H groups in total. The number of sulfonamides is 1. The molecule has 1 saturated heterocycles. The first-order valence-corrected chi connectivity index (χ1v) is 13.8. The van der Waals surface area contributed by atoms with Gasteiger partial charge in [-0.2, -0.15) is 4.31 Å². The van der Waals surface area contributed by atoms with Crippen LogP contribution >= 0.6 is 11.8 Å². The molecular weight excluding hydrogens is 472 g/mol. The SMILES string of the molecule is C[C@H]1Cc2ccccc2N1C(=O)CSc1nnc(-c2cccc(S(=O)(=O)N3CCCCC3)c2)o1. The second kappa shape index (κ2) is 9.52. The molecule has 0 bridgehead atoms. The number of carbonyl (C=O) groups is 1. The molecule has 5 rings (SSSR count). The summed E-state index contributed by atoms with van der Waals surface area (Å²) in [6, 6.07) is 14.6. The summed E-state index contributed by atoms with van der Waals surface area (Å²) in [5.41, 5.74) is 2.66. The lowest BCUT2D eigenvalue weighted by Gasteiger charge is -2.25. The molecule has 2 aromatic carbocycles. The van der Waals surface area contributed by atoms with E-state index in [0.29, 0.717) is 18.7 Å². The maximum Gasteiger partial charge on any atom is 0.277 e. The fourth-order valence-electron chi connectivity index (χ4n) is 4.57. The van der Waals surface area contributed by atoms with Crippen LogP contribution in [-0.2, 0) is 21.2 Å². The highest BCUT2D eigenvalue weighted by molar-refractivity contribution is 7.99. The Kier molecular flexibility index (Phi) is 6.46. The van der Waals surface area contributed by atoms with Gasteiger partial charge < -0.3 is 9.32 Å². The van der Waals surface area contributed by atoms with E-state index in [9.17, 15) is 13.2 Å². The van der Waals surface area contributed by atoms with Crippen LogP contribution in [0.25, 0.3) is 11.5 Å². The molecule has 3 heterocycles. The third kappa shape index (κ3) is 4.49. The van der Waals surface area contributed by atoms with E-state index in [2.05, 4.69) is 16.3 Å². The fraction of sp³-hybridized carbons (Fsp3) is 0.375. The van der Waals surface area contributed by atoms with Crippen molar-refractivity contribution in [3.05, 3.63) is 54.1 Å². The average Bonchev–Trinajstić information content (AvgIpc) is 3.47. The number of anilines is 1. The minimum atomic E-state index is -3.56. The van der Waals surface area contributed by atoms with Crippen LogP contribution < -0.4 is 4.90 Å².